The van der Waals surface area contributed by atoms with Crippen molar-refractivity contribution in [3.05, 3.63) is 18.1 Å². The molecule has 1 aliphatic carbocycles. The number of carbonyl (C=O) groups excluding carboxylic acids is 1. The van der Waals surface area contributed by atoms with Gasteiger partial charge in [-0.25, -0.2) is 9.97 Å². The Morgan fingerprint density at radius 3 is 2.60 bits per heavy atom. The molecule has 0 aromatic carbocycles. The van der Waals surface area contributed by atoms with E-state index in [4.69, 9.17) is 0 Å². The quantitative estimate of drug-likeness (QED) is 0.905. The SMILES string of the molecule is CC(=O)N1CCC(N2C[C@H](Nc3ccnc(C)n3)[C@@H](C3CC3)C2)CC1. The fourth-order valence-electron chi connectivity index (χ4n) is 4.59. The van der Waals surface area contributed by atoms with Crippen LogP contribution in [0, 0.1) is 18.8 Å². The van der Waals surface area contributed by atoms with Gasteiger partial charge >= 0.3 is 0 Å². The van der Waals surface area contributed by atoms with Crippen LogP contribution < -0.4 is 5.32 Å². The number of rotatable bonds is 4. The number of nitrogens with zero attached hydrogens (tertiary/aromatic N) is 4. The molecular formula is C19H29N5O. The van der Waals surface area contributed by atoms with Crippen LogP contribution in [0.25, 0.3) is 0 Å². The molecule has 2 atom stereocenters. The van der Waals surface area contributed by atoms with E-state index in [1.807, 2.05) is 24.1 Å². The maximum atomic E-state index is 11.5. The average Bonchev–Trinajstić information content (AvgIpc) is 3.36. The number of hydrogen-bond donors (Lipinski definition) is 1. The number of piperidine rings is 1. The molecule has 3 heterocycles. The normalized spacial score (nSPS) is 28.3. The molecule has 0 bridgehead atoms. The highest BCUT2D eigenvalue weighted by Gasteiger charge is 2.44. The Bertz CT molecular complexity index is 624. The molecule has 1 aromatic heterocycles. The molecule has 0 spiro atoms. The molecule has 2 aliphatic heterocycles. The first-order valence-corrected chi connectivity index (χ1v) is 9.66. The second kappa shape index (κ2) is 6.90. The molecule has 136 valence electrons. The van der Waals surface area contributed by atoms with Gasteiger partial charge in [-0.15, -0.1) is 0 Å². The lowest BCUT2D eigenvalue weighted by Crippen LogP contribution is -2.46. The third kappa shape index (κ3) is 3.78. The van der Waals surface area contributed by atoms with E-state index in [1.54, 1.807) is 6.92 Å². The molecule has 0 radical (unpaired) electrons. The monoisotopic (exact) mass is 343 g/mol. The highest BCUT2D eigenvalue weighted by molar-refractivity contribution is 5.73. The molecule has 6 heteroatoms. The fourth-order valence-corrected chi connectivity index (χ4v) is 4.59. The van der Waals surface area contributed by atoms with Gasteiger partial charge < -0.3 is 10.2 Å². The topological polar surface area (TPSA) is 61.4 Å². The molecule has 2 saturated heterocycles. The van der Waals surface area contributed by atoms with Gasteiger partial charge in [0.25, 0.3) is 0 Å². The second-order valence-electron chi connectivity index (χ2n) is 7.93. The van der Waals surface area contributed by atoms with Crippen LogP contribution in [0.5, 0.6) is 0 Å². The number of likely N-dealkylation sites (tertiary alicyclic amines) is 2. The summed E-state index contributed by atoms with van der Waals surface area (Å²) >= 11 is 0. The summed E-state index contributed by atoms with van der Waals surface area (Å²) in [5, 5.41) is 3.69. The molecule has 1 aromatic rings. The first-order chi connectivity index (χ1) is 12.1. The van der Waals surface area contributed by atoms with Gasteiger partial charge in [0, 0.05) is 51.4 Å². The Hall–Kier alpha value is -1.69. The number of amides is 1. The molecule has 3 aliphatic rings. The third-order valence-electron chi connectivity index (χ3n) is 6.16. The lowest BCUT2D eigenvalue weighted by molar-refractivity contribution is -0.130. The summed E-state index contributed by atoms with van der Waals surface area (Å²) in [5.74, 6) is 3.59. The maximum absolute atomic E-state index is 11.5. The highest BCUT2D eigenvalue weighted by atomic mass is 16.2. The lowest BCUT2D eigenvalue weighted by Gasteiger charge is -2.36. The Balaban J connectivity index is 1.40. The van der Waals surface area contributed by atoms with Gasteiger partial charge in [0.2, 0.25) is 5.91 Å². The summed E-state index contributed by atoms with van der Waals surface area (Å²) in [5.41, 5.74) is 0. The Kier molecular flexibility index (Phi) is 4.63. The van der Waals surface area contributed by atoms with E-state index in [-0.39, 0.29) is 5.91 Å². The van der Waals surface area contributed by atoms with Crippen LogP contribution in [0.1, 0.15) is 38.4 Å². The first-order valence-electron chi connectivity index (χ1n) is 9.66. The summed E-state index contributed by atoms with van der Waals surface area (Å²) in [6.07, 6.45) is 6.80. The van der Waals surface area contributed by atoms with Crippen LogP contribution in [-0.2, 0) is 4.79 Å². The van der Waals surface area contributed by atoms with E-state index in [0.29, 0.717) is 12.1 Å². The van der Waals surface area contributed by atoms with Crippen molar-refractivity contribution >= 4 is 11.7 Å². The summed E-state index contributed by atoms with van der Waals surface area (Å²) in [7, 11) is 0. The molecule has 3 fully saturated rings. The van der Waals surface area contributed by atoms with Crippen LogP contribution in [0.3, 0.4) is 0 Å². The Labute approximate surface area is 150 Å². The standard InChI is InChI=1S/C19H29N5O/c1-13-20-8-5-19(21-13)22-18-12-24(11-17(18)15-3-4-15)16-6-9-23(10-7-16)14(2)25/h5,8,15-18H,3-4,6-7,9-12H2,1-2H3,(H,20,21,22)/t17-,18+/m1/s1. The largest absolute Gasteiger partial charge is 0.366 e. The smallest absolute Gasteiger partial charge is 0.219 e. The number of aryl methyl sites for hydroxylation is 1. The molecule has 1 saturated carbocycles. The van der Waals surface area contributed by atoms with Crippen molar-refractivity contribution in [2.75, 3.05) is 31.5 Å². The predicted octanol–water partition coefficient (Wildman–Crippen LogP) is 1.92. The Morgan fingerprint density at radius 2 is 1.96 bits per heavy atom. The summed E-state index contributed by atoms with van der Waals surface area (Å²) < 4.78 is 0. The Morgan fingerprint density at radius 1 is 1.20 bits per heavy atom. The van der Waals surface area contributed by atoms with Crippen molar-refractivity contribution in [1.82, 2.24) is 19.8 Å². The second-order valence-corrected chi connectivity index (χ2v) is 7.93. The number of anilines is 1. The van der Waals surface area contributed by atoms with Gasteiger partial charge in [0.05, 0.1) is 0 Å². The number of hydrogen-bond acceptors (Lipinski definition) is 5. The minimum Gasteiger partial charge on any atom is -0.366 e. The predicted molar refractivity (Wildman–Crippen MR) is 97.2 cm³/mol. The van der Waals surface area contributed by atoms with E-state index >= 15 is 0 Å². The van der Waals surface area contributed by atoms with Gasteiger partial charge in [-0.05, 0) is 50.5 Å². The molecule has 4 rings (SSSR count). The zero-order valence-electron chi connectivity index (χ0n) is 15.3. The van der Waals surface area contributed by atoms with Crippen molar-refractivity contribution in [1.29, 1.82) is 0 Å². The number of carbonyl (C=O) groups is 1. The fraction of sp³-hybridized carbons (Fsp3) is 0.737. The van der Waals surface area contributed by atoms with Crippen LogP contribution in [0.15, 0.2) is 12.3 Å². The van der Waals surface area contributed by atoms with Gasteiger partial charge in [-0.2, -0.15) is 0 Å². The lowest BCUT2D eigenvalue weighted by atomic mass is 9.98. The van der Waals surface area contributed by atoms with Crippen molar-refractivity contribution in [3.8, 4) is 0 Å². The molecular weight excluding hydrogens is 314 g/mol. The van der Waals surface area contributed by atoms with Crippen molar-refractivity contribution in [2.24, 2.45) is 11.8 Å². The zero-order valence-corrected chi connectivity index (χ0v) is 15.3. The minimum atomic E-state index is 0.217. The van der Waals surface area contributed by atoms with E-state index < -0.39 is 0 Å². The average molecular weight is 343 g/mol. The van der Waals surface area contributed by atoms with E-state index in [2.05, 4.69) is 20.2 Å². The molecule has 6 nitrogen and oxygen atoms in total. The number of nitrogens with one attached hydrogen (secondary N) is 1. The van der Waals surface area contributed by atoms with Crippen molar-refractivity contribution < 1.29 is 4.79 Å². The highest BCUT2D eigenvalue weighted by Crippen LogP contribution is 2.43. The van der Waals surface area contributed by atoms with Crippen LogP contribution in [0.4, 0.5) is 5.82 Å². The summed E-state index contributed by atoms with van der Waals surface area (Å²) in [6.45, 7) is 7.73. The van der Waals surface area contributed by atoms with E-state index in [9.17, 15) is 4.79 Å². The summed E-state index contributed by atoms with van der Waals surface area (Å²) in [4.78, 5) is 24.9. The third-order valence-corrected chi connectivity index (χ3v) is 6.16. The number of aromatic nitrogens is 2. The van der Waals surface area contributed by atoms with E-state index in [1.165, 1.54) is 19.4 Å². The van der Waals surface area contributed by atoms with Crippen LogP contribution >= 0.6 is 0 Å². The van der Waals surface area contributed by atoms with Gasteiger partial charge in [-0.3, -0.25) is 9.69 Å². The van der Waals surface area contributed by atoms with Crippen LogP contribution in [0.2, 0.25) is 0 Å². The van der Waals surface area contributed by atoms with Crippen molar-refractivity contribution in [2.45, 2.75) is 51.6 Å². The van der Waals surface area contributed by atoms with Gasteiger partial charge in [0.15, 0.2) is 0 Å². The molecule has 1 amide bonds. The van der Waals surface area contributed by atoms with Crippen LogP contribution in [-0.4, -0.2) is 63.9 Å². The first kappa shape index (κ1) is 16.8. The molecule has 0 unspecified atom stereocenters. The maximum Gasteiger partial charge on any atom is 0.219 e. The summed E-state index contributed by atoms with van der Waals surface area (Å²) in [6, 6.07) is 3.08. The minimum absolute atomic E-state index is 0.217. The zero-order chi connectivity index (χ0) is 17.4. The molecule has 1 N–H and O–H groups in total. The van der Waals surface area contributed by atoms with Gasteiger partial charge in [-0.1, -0.05) is 0 Å². The molecule has 25 heavy (non-hydrogen) atoms. The van der Waals surface area contributed by atoms with Gasteiger partial charge in [0.1, 0.15) is 11.6 Å². The van der Waals surface area contributed by atoms with E-state index in [0.717, 1.165) is 56.0 Å². The van der Waals surface area contributed by atoms with Crippen molar-refractivity contribution in [3.63, 3.8) is 0 Å².